The van der Waals surface area contributed by atoms with Gasteiger partial charge >= 0.3 is 5.97 Å². The van der Waals surface area contributed by atoms with Crippen molar-refractivity contribution < 1.29 is 14.4 Å². The van der Waals surface area contributed by atoms with Gasteiger partial charge in [0.05, 0.1) is 5.69 Å². The number of aromatic carboxylic acids is 1. The van der Waals surface area contributed by atoms with Crippen molar-refractivity contribution in [3.8, 4) is 11.3 Å². The fourth-order valence-electron chi connectivity index (χ4n) is 1.80. The Labute approximate surface area is 97.8 Å². The van der Waals surface area contributed by atoms with Crippen LogP contribution in [0.3, 0.4) is 0 Å². The molecule has 0 aromatic carbocycles. The number of carbonyl (C=O) groups is 1. The van der Waals surface area contributed by atoms with Crippen molar-refractivity contribution in [3.05, 3.63) is 23.2 Å². The summed E-state index contributed by atoms with van der Waals surface area (Å²) in [4.78, 5) is 11.2. The summed E-state index contributed by atoms with van der Waals surface area (Å²) < 4.78 is 6.59. The summed E-state index contributed by atoms with van der Waals surface area (Å²) in [6.07, 6.45) is 2.46. The van der Waals surface area contributed by atoms with Crippen molar-refractivity contribution in [2.75, 3.05) is 0 Å². The molecule has 0 bridgehead atoms. The van der Waals surface area contributed by atoms with Crippen LogP contribution in [0.25, 0.3) is 11.3 Å². The van der Waals surface area contributed by atoms with E-state index in [1.54, 1.807) is 24.9 Å². The zero-order valence-corrected chi connectivity index (χ0v) is 9.89. The highest BCUT2D eigenvalue weighted by atomic mass is 16.5. The van der Waals surface area contributed by atoms with Gasteiger partial charge in [-0.2, -0.15) is 5.10 Å². The summed E-state index contributed by atoms with van der Waals surface area (Å²) in [5, 5.41) is 17.2. The van der Waals surface area contributed by atoms with Gasteiger partial charge in [-0.25, -0.2) is 4.79 Å². The van der Waals surface area contributed by atoms with E-state index in [0.717, 1.165) is 5.69 Å². The lowest BCUT2D eigenvalue weighted by molar-refractivity contribution is 0.0696. The van der Waals surface area contributed by atoms with Gasteiger partial charge in [0.15, 0.2) is 0 Å². The van der Waals surface area contributed by atoms with Crippen LogP contribution in [0.15, 0.2) is 10.7 Å². The molecule has 2 heterocycles. The van der Waals surface area contributed by atoms with Crippen LogP contribution in [0.2, 0.25) is 0 Å². The van der Waals surface area contributed by atoms with Gasteiger partial charge in [0.2, 0.25) is 0 Å². The molecule has 0 aliphatic heterocycles. The van der Waals surface area contributed by atoms with E-state index in [-0.39, 0.29) is 5.56 Å². The Hall–Kier alpha value is -2.11. The third-order valence-corrected chi connectivity index (χ3v) is 2.57. The minimum Gasteiger partial charge on any atom is -0.477 e. The van der Waals surface area contributed by atoms with Crippen LogP contribution in [0, 0.1) is 6.92 Å². The first-order chi connectivity index (χ1) is 8.04. The predicted octanol–water partition coefficient (Wildman–Crippen LogP) is 1.64. The van der Waals surface area contributed by atoms with Crippen molar-refractivity contribution in [1.29, 1.82) is 0 Å². The highest BCUT2D eigenvalue weighted by molar-refractivity contribution is 5.95. The van der Waals surface area contributed by atoms with Gasteiger partial charge in [0.1, 0.15) is 17.0 Å². The Kier molecular flexibility index (Phi) is 2.71. The van der Waals surface area contributed by atoms with Gasteiger partial charge in [0.25, 0.3) is 0 Å². The summed E-state index contributed by atoms with van der Waals surface area (Å²) in [6.45, 7) is 3.54. The van der Waals surface area contributed by atoms with E-state index in [4.69, 9.17) is 9.63 Å². The summed E-state index contributed by atoms with van der Waals surface area (Å²) in [5.74, 6) is -0.733. The van der Waals surface area contributed by atoms with Crippen LogP contribution in [0.1, 0.15) is 28.7 Å². The molecule has 0 atom stereocenters. The topological polar surface area (TPSA) is 81.2 Å². The SMILES string of the molecule is CCc1nn(C)cc1-c1noc(C)c1C(=O)O. The van der Waals surface area contributed by atoms with Gasteiger partial charge in [-0.3, -0.25) is 4.68 Å². The third-order valence-electron chi connectivity index (χ3n) is 2.57. The minimum absolute atomic E-state index is 0.104. The molecule has 6 nitrogen and oxygen atoms in total. The van der Waals surface area contributed by atoms with Gasteiger partial charge in [-0.1, -0.05) is 12.1 Å². The van der Waals surface area contributed by atoms with Crippen LogP contribution < -0.4 is 0 Å². The molecule has 2 aromatic heterocycles. The zero-order chi connectivity index (χ0) is 12.6. The number of rotatable bonds is 3. The average Bonchev–Trinajstić information content (AvgIpc) is 2.80. The van der Waals surface area contributed by atoms with Crippen LogP contribution in [-0.2, 0) is 13.5 Å². The number of hydrogen-bond donors (Lipinski definition) is 1. The van der Waals surface area contributed by atoms with E-state index in [1.807, 2.05) is 6.92 Å². The summed E-state index contributed by atoms with van der Waals surface area (Å²) in [5.41, 5.74) is 1.97. The van der Waals surface area contributed by atoms with Crippen LogP contribution in [0.4, 0.5) is 0 Å². The quantitative estimate of drug-likeness (QED) is 0.874. The number of carboxylic acid groups (broad SMARTS) is 1. The van der Waals surface area contributed by atoms with Crippen molar-refractivity contribution in [2.45, 2.75) is 20.3 Å². The molecule has 0 spiro atoms. The van der Waals surface area contributed by atoms with E-state index in [1.165, 1.54) is 0 Å². The van der Waals surface area contributed by atoms with Crippen LogP contribution in [-0.4, -0.2) is 26.0 Å². The molecule has 0 saturated heterocycles. The molecule has 0 unspecified atom stereocenters. The van der Waals surface area contributed by atoms with E-state index in [2.05, 4.69) is 10.3 Å². The standard InChI is InChI=1S/C11H13N3O3/c1-4-8-7(5-14(3)12-8)10-9(11(15)16)6(2)17-13-10/h5H,4H2,1-3H3,(H,15,16). The highest BCUT2D eigenvalue weighted by Crippen LogP contribution is 2.27. The number of aryl methyl sites for hydroxylation is 3. The lowest BCUT2D eigenvalue weighted by atomic mass is 10.1. The van der Waals surface area contributed by atoms with Gasteiger partial charge < -0.3 is 9.63 Å². The van der Waals surface area contributed by atoms with E-state index >= 15 is 0 Å². The zero-order valence-electron chi connectivity index (χ0n) is 9.89. The Bertz CT molecular complexity index is 569. The van der Waals surface area contributed by atoms with E-state index in [0.29, 0.717) is 23.4 Å². The monoisotopic (exact) mass is 235 g/mol. The minimum atomic E-state index is -1.04. The van der Waals surface area contributed by atoms with Crippen LogP contribution >= 0.6 is 0 Å². The van der Waals surface area contributed by atoms with Gasteiger partial charge in [0, 0.05) is 18.8 Å². The number of hydrogen-bond acceptors (Lipinski definition) is 4. The molecule has 90 valence electrons. The molecular formula is C11H13N3O3. The van der Waals surface area contributed by atoms with Gasteiger partial charge in [-0.05, 0) is 13.3 Å². The molecule has 2 aromatic rings. The lowest BCUT2D eigenvalue weighted by Crippen LogP contribution is -1.99. The first-order valence-corrected chi connectivity index (χ1v) is 5.27. The Morgan fingerprint density at radius 1 is 1.59 bits per heavy atom. The Balaban J connectivity index is 2.64. The predicted molar refractivity (Wildman–Crippen MR) is 59.8 cm³/mol. The lowest BCUT2D eigenvalue weighted by Gasteiger charge is -1.96. The second kappa shape index (κ2) is 4.04. The van der Waals surface area contributed by atoms with Crippen molar-refractivity contribution >= 4 is 5.97 Å². The van der Waals surface area contributed by atoms with Crippen molar-refractivity contribution in [1.82, 2.24) is 14.9 Å². The first kappa shape index (κ1) is 11.4. The third kappa shape index (κ3) is 1.82. The highest BCUT2D eigenvalue weighted by Gasteiger charge is 2.23. The molecule has 0 radical (unpaired) electrons. The molecular weight excluding hydrogens is 222 g/mol. The molecule has 0 aliphatic rings. The van der Waals surface area contributed by atoms with Crippen LogP contribution in [0.5, 0.6) is 0 Å². The molecule has 17 heavy (non-hydrogen) atoms. The van der Waals surface area contributed by atoms with E-state index in [9.17, 15) is 4.79 Å². The normalized spacial score (nSPS) is 10.8. The smallest absolute Gasteiger partial charge is 0.341 e. The van der Waals surface area contributed by atoms with Crippen molar-refractivity contribution in [3.63, 3.8) is 0 Å². The summed E-state index contributed by atoms with van der Waals surface area (Å²) >= 11 is 0. The Morgan fingerprint density at radius 2 is 2.29 bits per heavy atom. The number of carboxylic acids is 1. The largest absolute Gasteiger partial charge is 0.477 e. The van der Waals surface area contributed by atoms with E-state index < -0.39 is 5.97 Å². The maximum Gasteiger partial charge on any atom is 0.341 e. The number of aromatic nitrogens is 3. The maximum atomic E-state index is 11.2. The maximum absolute atomic E-state index is 11.2. The second-order valence-corrected chi connectivity index (χ2v) is 3.78. The molecule has 6 heteroatoms. The molecule has 0 saturated carbocycles. The van der Waals surface area contributed by atoms with Crippen molar-refractivity contribution in [2.24, 2.45) is 7.05 Å². The fourth-order valence-corrected chi connectivity index (χ4v) is 1.80. The molecule has 1 N–H and O–H groups in total. The molecule has 2 rings (SSSR count). The average molecular weight is 235 g/mol. The fraction of sp³-hybridized carbons (Fsp3) is 0.364. The first-order valence-electron chi connectivity index (χ1n) is 5.27. The molecule has 0 aliphatic carbocycles. The Morgan fingerprint density at radius 3 is 2.88 bits per heavy atom. The van der Waals surface area contributed by atoms with Gasteiger partial charge in [-0.15, -0.1) is 0 Å². The molecule has 0 fully saturated rings. The molecule has 0 amide bonds. The number of nitrogens with zero attached hydrogens (tertiary/aromatic N) is 3. The second-order valence-electron chi connectivity index (χ2n) is 3.78. The summed E-state index contributed by atoms with van der Waals surface area (Å²) in [7, 11) is 1.79. The summed E-state index contributed by atoms with van der Waals surface area (Å²) in [6, 6.07) is 0.